The van der Waals surface area contributed by atoms with Gasteiger partial charge in [-0.1, -0.05) is 0 Å². The van der Waals surface area contributed by atoms with Crippen molar-refractivity contribution in [2.45, 2.75) is 6.92 Å². The van der Waals surface area contributed by atoms with Crippen LogP contribution in [0, 0.1) is 6.92 Å². The Morgan fingerprint density at radius 1 is 1.60 bits per heavy atom. The van der Waals surface area contributed by atoms with Crippen molar-refractivity contribution in [1.82, 2.24) is 4.68 Å². The fourth-order valence-electron chi connectivity index (χ4n) is 1.40. The molecule has 0 atom stereocenters. The molecule has 0 bridgehead atoms. The SMILES string of the molecule is CNn1c(C)c(C(=O)OC)c(N)cc1=O. The number of methoxy groups -OCH3 is 1. The number of hydrogen-bond acceptors (Lipinski definition) is 5. The second kappa shape index (κ2) is 4.04. The van der Waals surface area contributed by atoms with Crippen molar-refractivity contribution in [1.29, 1.82) is 0 Å². The summed E-state index contributed by atoms with van der Waals surface area (Å²) in [6.45, 7) is 1.61. The highest BCUT2D eigenvalue weighted by Gasteiger charge is 2.17. The number of nitrogens with two attached hydrogens (primary N) is 1. The van der Waals surface area contributed by atoms with Crippen LogP contribution in [0.5, 0.6) is 0 Å². The highest BCUT2D eigenvalue weighted by molar-refractivity contribution is 5.96. The van der Waals surface area contributed by atoms with E-state index in [1.54, 1.807) is 14.0 Å². The van der Waals surface area contributed by atoms with Crippen molar-refractivity contribution in [3.8, 4) is 0 Å². The second-order valence-electron chi connectivity index (χ2n) is 2.95. The Hall–Kier alpha value is -1.98. The molecule has 1 aromatic rings. The predicted octanol–water partition coefficient (Wildman–Crippen LogP) is -0.301. The molecule has 3 N–H and O–H groups in total. The molecule has 0 radical (unpaired) electrons. The maximum absolute atomic E-state index is 11.4. The third-order valence-electron chi connectivity index (χ3n) is 2.10. The Balaban J connectivity index is 3.52. The van der Waals surface area contributed by atoms with Crippen molar-refractivity contribution in [2.75, 3.05) is 25.3 Å². The topological polar surface area (TPSA) is 86.3 Å². The lowest BCUT2D eigenvalue weighted by atomic mass is 10.1. The van der Waals surface area contributed by atoms with Gasteiger partial charge in [0.1, 0.15) is 5.56 Å². The van der Waals surface area contributed by atoms with Gasteiger partial charge in [-0.3, -0.25) is 4.79 Å². The molecule has 15 heavy (non-hydrogen) atoms. The molecule has 0 fully saturated rings. The smallest absolute Gasteiger partial charge is 0.341 e. The molecular weight excluding hydrogens is 198 g/mol. The lowest BCUT2D eigenvalue weighted by Gasteiger charge is -2.13. The molecule has 0 aromatic carbocycles. The van der Waals surface area contributed by atoms with E-state index in [0.717, 1.165) is 0 Å². The van der Waals surface area contributed by atoms with Gasteiger partial charge in [0, 0.05) is 13.1 Å². The minimum atomic E-state index is -0.561. The van der Waals surface area contributed by atoms with Crippen LogP contribution in [-0.4, -0.2) is 24.8 Å². The van der Waals surface area contributed by atoms with Gasteiger partial charge in [0.25, 0.3) is 5.56 Å². The maximum atomic E-state index is 11.4. The zero-order chi connectivity index (χ0) is 11.6. The summed E-state index contributed by atoms with van der Waals surface area (Å²) in [4.78, 5) is 22.8. The van der Waals surface area contributed by atoms with E-state index in [1.165, 1.54) is 17.9 Å². The molecule has 0 saturated carbocycles. The number of carbonyl (C=O) groups is 1. The minimum Gasteiger partial charge on any atom is -0.465 e. The van der Waals surface area contributed by atoms with E-state index in [4.69, 9.17) is 5.73 Å². The molecule has 0 aliphatic rings. The molecule has 0 spiro atoms. The summed E-state index contributed by atoms with van der Waals surface area (Å²) in [5.41, 5.74) is 8.66. The number of rotatable bonds is 2. The molecule has 6 nitrogen and oxygen atoms in total. The van der Waals surface area contributed by atoms with E-state index < -0.39 is 5.97 Å². The van der Waals surface area contributed by atoms with Gasteiger partial charge in [-0.05, 0) is 6.92 Å². The van der Waals surface area contributed by atoms with Gasteiger partial charge in [-0.15, -0.1) is 0 Å². The fraction of sp³-hybridized carbons (Fsp3) is 0.333. The molecular formula is C9H13N3O3. The van der Waals surface area contributed by atoms with Gasteiger partial charge >= 0.3 is 5.97 Å². The molecule has 1 aromatic heterocycles. The van der Waals surface area contributed by atoms with E-state index in [1.807, 2.05) is 0 Å². The average Bonchev–Trinajstić information content (AvgIpc) is 2.17. The summed E-state index contributed by atoms with van der Waals surface area (Å²) in [5.74, 6) is -0.561. The number of nitrogen functional groups attached to an aromatic ring is 1. The first-order valence-corrected chi connectivity index (χ1v) is 4.31. The van der Waals surface area contributed by atoms with Crippen LogP contribution in [0.2, 0.25) is 0 Å². The highest BCUT2D eigenvalue weighted by atomic mass is 16.5. The standard InChI is InChI=1S/C9H13N3O3/c1-5-8(9(14)15-3)6(10)4-7(13)12(5)11-2/h4,11H,10H2,1-3H3. The first-order valence-electron chi connectivity index (χ1n) is 4.31. The van der Waals surface area contributed by atoms with E-state index in [0.29, 0.717) is 5.69 Å². The zero-order valence-electron chi connectivity index (χ0n) is 8.83. The van der Waals surface area contributed by atoms with E-state index in [9.17, 15) is 9.59 Å². The number of carbonyl (C=O) groups excluding carboxylic acids is 1. The van der Waals surface area contributed by atoms with Crippen LogP contribution < -0.4 is 16.7 Å². The highest BCUT2D eigenvalue weighted by Crippen LogP contribution is 2.14. The summed E-state index contributed by atoms with van der Waals surface area (Å²) in [5, 5.41) is 0. The molecule has 6 heteroatoms. The van der Waals surface area contributed by atoms with Crippen molar-refractivity contribution >= 4 is 11.7 Å². The van der Waals surface area contributed by atoms with Crippen LogP contribution in [0.25, 0.3) is 0 Å². The molecule has 1 rings (SSSR count). The van der Waals surface area contributed by atoms with Crippen LogP contribution in [0.4, 0.5) is 5.69 Å². The number of nitrogens with zero attached hydrogens (tertiary/aromatic N) is 1. The third kappa shape index (κ3) is 1.78. The first-order chi connectivity index (χ1) is 7.02. The summed E-state index contributed by atoms with van der Waals surface area (Å²) >= 11 is 0. The second-order valence-corrected chi connectivity index (χ2v) is 2.95. The fourth-order valence-corrected chi connectivity index (χ4v) is 1.40. The zero-order valence-corrected chi connectivity index (χ0v) is 8.83. The quantitative estimate of drug-likeness (QED) is 0.656. The van der Waals surface area contributed by atoms with Gasteiger partial charge in [0.05, 0.1) is 18.5 Å². The van der Waals surface area contributed by atoms with Crippen LogP contribution in [-0.2, 0) is 4.74 Å². The molecule has 0 aliphatic carbocycles. The third-order valence-corrected chi connectivity index (χ3v) is 2.10. The Morgan fingerprint density at radius 3 is 2.67 bits per heavy atom. The summed E-state index contributed by atoms with van der Waals surface area (Å²) < 4.78 is 5.80. The lowest BCUT2D eigenvalue weighted by molar-refractivity contribution is 0.0600. The number of esters is 1. The van der Waals surface area contributed by atoms with E-state index in [2.05, 4.69) is 10.2 Å². The van der Waals surface area contributed by atoms with Crippen molar-refractivity contribution in [3.05, 3.63) is 27.7 Å². The summed E-state index contributed by atoms with van der Waals surface area (Å²) in [6.07, 6.45) is 0. The van der Waals surface area contributed by atoms with Crippen molar-refractivity contribution in [3.63, 3.8) is 0 Å². The van der Waals surface area contributed by atoms with Crippen LogP contribution >= 0.6 is 0 Å². The van der Waals surface area contributed by atoms with Crippen molar-refractivity contribution in [2.24, 2.45) is 0 Å². The Labute approximate surface area is 86.6 Å². The van der Waals surface area contributed by atoms with Crippen LogP contribution in [0.3, 0.4) is 0 Å². The van der Waals surface area contributed by atoms with Gasteiger partial charge in [-0.2, -0.15) is 0 Å². The average molecular weight is 211 g/mol. The Bertz CT molecular complexity index is 451. The number of anilines is 1. The molecule has 1 heterocycles. The van der Waals surface area contributed by atoms with E-state index >= 15 is 0 Å². The number of hydrogen-bond donors (Lipinski definition) is 2. The number of aromatic nitrogens is 1. The van der Waals surface area contributed by atoms with Crippen molar-refractivity contribution < 1.29 is 9.53 Å². The summed E-state index contributed by atoms with van der Waals surface area (Å²) in [7, 11) is 2.84. The molecule has 0 saturated heterocycles. The number of nitrogens with one attached hydrogen (secondary N) is 1. The minimum absolute atomic E-state index is 0.121. The number of pyridine rings is 1. The largest absolute Gasteiger partial charge is 0.465 e. The van der Waals surface area contributed by atoms with Gasteiger partial charge in [0.15, 0.2) is 0 Å². The first kappa shape index (κ1) is 11.1. The van der Waals surface area contributed by atoms with Gasteiger partial charge in [0.2, 0.25) is 0 Å². The normalized spacial score (nSPS) is 9.80. The Morgan fingerprint density at radius 2 is 2.20 bits per heavy atom. The van der Waals surface area contributed by atoms with E-state index in [-0.39, 0.29) is 16.8 Å². The molecule has 82 valence electrons. The maximum Gasteiger partial charge on any atom is 0.341 e. The van der Waals surface area contributed by atoms with Gasteiger partial charge < -0.3 is 15.9 Å². The monoisotopic (exact) mass is 211 g/mol. The van der Waals surface area contributed by atoms with Crippen LogP contribution in [0.1, 0.15) is 16.1 Å². The van der Waals surface area contributed by atoms with Gasteiger partial charge in [-0.25, -0.2) is 9.47 Å². The predicted molar refractivity (Wildman–Crippen MR) is 56.5 cm³/mol. The summed E-state index contributed by atoms with van der Waals surface area (Å²) in [6, 6.07) is 1.18. The molecule has 0 aliphatic heterocycles. The van der Waals surface area contributed by atoms with Crippen LogP contribution in [0.15, 0.2) is 10.9 Å². The number of ether oxygens (including phenoxy) is 1. The lowest BCUT2D eigenvalue weighted by Crippen LogP contribution is -2.31. The molecule has 0 amide bonds. The Kier molecular flexibility index (Phi) is 2.99. The molecule has 0 unspecified atom stereocenters.